The van der Waals surface area contributed by atoms with Crippen molar-refractivity contribution in [2.24, 2.45) is 22.4 Å². The lowest BCUT2D eigenvalue weighted by molar-refractivity contribution is -0.131. The summed E-state index contributed by atoms with van der Waals surface area (Å²) in [7, 11) is 0. The van der Waals surface area contributed by atoms with E-state index in [4.69, 9.17) is 16.2 Å². The maximum absolute atomic E-state index is 14.2. The van der Waals surface area contributed by atoms with Crippen LogP contribution in [-0.2, 0) is 32.0 Å². The van der Waals surface area contributed by atoms with E-state index in [-0.39, 0.29) is 44.3 Å². The molecule has 13 nitrogen and oxygen atoms in total. The summed E-state index contributed by atoms with van der Waals surface area (Å²) in [5.41, 5.74) is 14.0. The smallest absolute Gasteiger partial charge is 0.407 e. The van der Waals surface area contributed by atoms with E-state index in [9.17, 15) is 19.2 Å². The second-order valence-electron chi connectivity index (χ2n) is 12.4. The van der Waals surface area contributed by atoms with E-state index in [0.717, 1.165) is 22.0 Å². The first-order valence-corrected chi connectivity index (χ1v) is 16.6. The van der Waals surface area contributed by atoms with E-state index in [0.29, 0.717) is 12.1 Å². The monoisotopic (exact) mass is 682 g/mol. The second-order valence-corrected chi connectivity index (χ2v) is 12.4. The van der Waals surface area contributed by atoms with Crippen LogP contribution in [0.2, 0.25) is 0 Å². The molecule has 3 aromatic carbocycles. The fourth-order valence-corrected chi connectivity index (χ4v) is 5.28. The number of nitrogens with two attached hydrogens (primary N) is 2. The number of benzene rings is 3. The number of rotatable bonds is 17. The van der Waals surface area contributed by atoms with E-state index < -0.39 is 41.9 Å². The number of fused-ring (bicyclic) bond motifs is 1. The van der Waals surface area contributed by atoms with E-state index in [1.165, 1.54) is 0 Å². The number of para-hydroxylation sites is 2. The minimum absolute atomic E-state index is 0.0852. The van der Waals surface area contributed by atoms with Gasteiger partial charge >= 0.3 is 6.09 Å². The highest BCUT2D eigenvalue weighted by Crippen LogP contribution is 2.20. The SMILES string of the molecule is CC(C)COC(=O)N[C@@H](CCCN=C(N)N)C(=O)N[C@@H](Cc1c[nH]c2ccccc12)C(=O)N[C@@H](Cc1ccccc1)C(=O)Nc1ccccc1. The van der Waals surface area contributed by atoms with Crippen LogP contribution in [-0.4, -0.2) is 66.0 Å². The van der Waals surface area contributed by atoms with Crippen LogP contribution in [0.4, 0.5) is 10.5 Å². The van der Waals surface area contributed by atoms with Crippen molar-refractivity contribution in [3.05, 3.63) is 102 Å². The van der Waals surface area contributed by atoms with Gasteiger partial charge in [0, 0.05) is 42.2 Å². The van der Waals surface area contributed by atoms with Crippen molar-refractivity contribution < 1.29 is 23.9 Å². The summed E-state index contributed by atoms with van der Waals surface area (Å²) in [5.74, 6) is -1.61. The predicted molar refractivity (Wildman–Crippen MR) is 194 cm³/mol. The standard InChI is InChI=1S/C37H46N8O5/c1-24(2)23-50-37(49)45-30(18-11-19-40-36(38)39)33(46)44-32(21-26-22-41-29-17-10-9-16-28(26)29)35(48)43-31(20-25-12-5-3-6-13-25)34(47)42-27-14-7-4-8-15-27/h3-10,12-17,22,24,30-32,41H,11,18-21,23H2,1-2H3,(H,42,47)(H,43,48)(H,44,46)(H,45,49)(H4,38,39,40)/t30-,31-,32-/m0/s1. The molecule has 1 aromatic heterocycles. The van der Waals surface area contributed by atoms with Gasteiger partial charge in [0.1, 0.15) is 18.1 Å². The van der Waals surface area contributed by atoms with Crippen molar-refractivity contribution in [3.8, 4) is 0 Å². The molecule has 0 aliphatic rings. The Bertz CT molecular complexity index is 1740. The Labute approximate surface area is 291 Å². The molecule has 0 saturated carbocycles. The van der Waals surface area contributed by atoms with Gasteiger partial charge in [0.2, 0.25) is 17.7 Å². The molecule has 0 bridgehead atoms. The van der Waals surface area contributed by atoms with E-state index >= 15 is 0 Å². The number of anilines is 1. The summed E-state index contributed by atoms with van der Waals surface area (Å²) in [6, 6.07) is 22.7. The van der Waals surface area contributed by atoms with Gasteiger partial charge in [0.25, 0.3) is 0 Å². The molecule has 0 radical (unpaired) electrons. The number of aliphatic imine (C=N–C) groups is 1. The Hall–Kier alpha value is -5.85. The van der Waals surface area contributed by atoms with Crippen LogP contribution in [0.25, 0.3) is 10.9 Å². The molecule has 0 fully saturated rings. The lowest BCUT2D eigenvalue weighted by Crippen LogP contribution is -2.57. The summed E-state index contributed by atoms with van der Waals surface area (Å²) in [5, 5.41) is 12.1. The lowest BCUT2D eigenvalue weighted by Gasteiger charge is -2.25. The zero-order chi connectivity index (χ0) is 35.9. The summed E-state index contributed by atoms with van der Waals surface area (Å²) < 4.78 is 5.27. The van der Waals surface area contributed by atoms with Gasteiger partial charge in [-0.05, 0) is 48.1 Å². The van der Waals surface area contributed by atoms with Crippen LogP contribution < -0.4 is 32.7 Å². The normalized spacial score (nSPS) is 12.7. The minimum Gasteiger partial charge on any atom is -0.449 e. The molecule has 50 heavy (non-hydrogen) atoms. The van der Waals surface area contributed by atoms with Crippen molar-refractivity contribution >= 4 is 46.4 Å². The summed E-state index contributed by atoms with van der Waals surface area (Å²) in [4.78, 5) is 61.5. The van der Waals surface area contributed by atoms with Crippen LogP contribution in [0.15, 0.2) is 96.1 Å². The lowest BCUT2D eigenvalue weighted by atomic mass is 10.0. The number of carbonyl (C=O) groups excluding carboxylic acids is 4. The first kappa shape index (κ1) is 37.0. The predicted octanol–water partition coefficient (Wildman–Crippen LogP) is 3.37. The second kappa shape index (κ2) is 18.6. The minimum atomic E-state index is -1.13. The number of carbonyl (C=O) groups is 4. The number of ether oxygens (including phenoxy) is 1. The maximum atomic E-state index is 14.2. The first-order chi connectivity index (χ1) is 24.1. The number of aromatic nitrogens is 1. The van der Waals surface area contributed by atoms with Crippen molar-refractivity contribution in [2.75, 3.05) is 18.5 Å². The van der Waals surface area contributed by atoms with Crippen LogP contribution in [0.5, 0.6) is 0 Å². The van der Waals surface area contributed by atoms with Gasteiger partial charge < -0.3 is 42.5 Å². The third-order valence-corrected chi connectivity index (χ3v) is 7.79. The number of nitrogens with one attached hydrogen (secondary N) is 5. The number of amides is 4. The van der Waals surface area contributed by atoms with Gasteiger partial charge in [-0.3, -0.25) is 19.4 Å². The molecule has 4 rings (SSSR count). The van der Waals surface area contributed by atoms with Crippen LogP contribution in [0.1, 0.15) is 37.8 Å². The number of hydrogen-bond acceptors (Lipinski definition) is 6. The van der Waals surface area contributed by atoms with E-state index in [1.807, 2.05) is 74.5 Å². The molecular weight excluding hydrogens is 636 g/mol. The maximum Gasteiger partial charge on any atom is 0.407 e. The number of guanidine groups is 1. The molecular formula is C37H46N8O5. The third-order valence-electron chi connectivity index (χ3n) is 7.79. The largest absolute Gasteiger partial charge is 0.449 e. The highest BCUT2D eigenvalue weighted by atomic mass is 16.5. The van der Waals surface area contributed by atoms with Gasteiger partial charge in [-0.2, -0.15) is 0 Å². The quantitative estimate of drug-likeness (QED) is 0.0502. The molecule has 9 N–H and O–H groups in total. The van der Waals surface area contributed by atoms with Gasteiger partial charge in [0.15, 0.2) is 5.96 Å². The fourth-order valence-electron chi connectivity index (χ4n) is 5.28. The Morgan fingerprint density at radius 2 is 1.38 bits per heavy atom. The van der Waals surface area contributed by atoms with Crippen molar-refractivity contribution in [1.29, 1.82) is 0 Å². The fraction of sp³-hybridized carbons (Fsp3) is 0.324. The Morgan fingerprint density at radius 3 is 2.06 bits per heavy atom. The number of nitrogens with zero attached hydrogens (tertiary/aromatic N) is 1. The molecule has 0 unspecified atom stereocenters. The average molecular weight is 683 g/mol. The molecule has 0 spiro atoms. The molecule has 0 aliphatic carbocycles. The Kier molecular flexibility index (Phi) is 13.8. The number of H-pyrrole nitrogens is 1. The third kappa shape index (κ3) is 11.7. The van der Waals surface area contributed by atoms with Crippen molar-refractivity contribution in [1.82, 2.24) is 20.9 Å². The van der Waals surface area contributed by atoms with Crippen molar-refractivity contribution in [2.45, 2.75) is 57.7 Å². The first-order valence-electron chi connectivity index (χ1n) is 16.6. The van der Waals surface area contributed by atoms with Crippen molar-refractivity contribution in [3.63, 3.8) is 0 Å². The Balaban J connectivity index is 1.60. The highest BCUT2D eigenvalue weighted by Gasteiger charge is 2.31. The van der Waals surface area contributed by atoms with Crippen LogP contribution in [0, 0.1) is 5.92 Å². The van der Waals surface area contributed by atoms with Gasteiger partial charge in [-0.15, -0.1) is 0 Å². The Morgan fingerprint density at radius 1 is 0.760 bits per heavy atom. The summed E-state index contributed by atoms with van der Waals surface area (Å²) >= 11 is 0. The van der Waals surface area contributed by atoms with Gasteiger partial charge in [0.05, 0.1) is 6.61 Å². The van der Waals surface area contributed by atoms with E-state index in [2.05, 4.69) is 31.2 Å². The van der Waals surface area contributed by atoms with Crippen LogP contribution >= 0.6 is 0 Å². The summed E-state index contributed by atoms with van der Waals surface area (Å²) in [6.45, 7) is 4.18. The van der Waals surface area contributed by atoms with Crippen LogP contribution in [0.3, 0.4) is 0 Å². The zero-order valence-corrected chi connectivity index (χ0v) is 28.4. The molecule has 1 heterocycles. The molecule has 0 aliphatic heterocycles. The highest BCUT2D eigenvalue weighted by molar-refractivity contribution is 5.99. The molecule has 4 aromatic rings. The average Bonchev–Trinajstić information content (AvgIpc) is 3.51. The molecule has 0 saturated heterocycles. The molecule has 4 amide bonds. The molecule has 264 valence electrons. The topological polar surface area (TPSA) is 206 Å². The number of aromatic amines is 1. The van der Waals surface area contributed by atoms with Gasteiger partial charge in [-0.25, -0.2) is 4.79 Å². The molecule has 3 atom stereocenters. The zero-order valence-electron chi connectivity index (χ0n) is 28.4. The van der Waals surface area contributed by atoms with E-state index in [1.54, 1.807) is 30.5 Å². The summed E-state index contributed by atoms with van der Waals surface area (Å²) in [6.07, 6.45) is 1.84. The number of alkyl carbamates (subject to hydrolysis) is 1. The number of hydrogen-bond donors (Lipinski definition) is 7. The van der Waals surface area contributed by atoms with Gasteiger partial charge in [-0.1, -0.05) is 80.6 Å². The molecule has 13 heteroatoms.